The number of carbonyl (C=O) groups excluding carboxylic acids is 2. The van der Waals surface area contributed by atoms with E-state index in [0.29, 0.717) is 30.6 Å². The summed E-state index contributed by atoms with van der Waals surface area (Å²) in [6.07, 6.45) is 3.46. The molecule has 35 heavy (non-hydrogen) atoms. The van der Waals surface area contributed by atoms with Gasteiger partial charge in [0.05, 0.1) is 13.2 Å². The van der Waals surface area contributed by atoms with Gasteiger partial charge in [0.2, 0.25) is 0 Å². The zero-order valence-corrected chi connectivity index (χ0v) is 23.4. The standard InChI is InChI=1S/C28H40N2O4S/c1-18(2)17-28(25(32)34-27(6,7)8)13-12-21(23-29-14-15-35-23)30(28)24(31)19-10-11-20(26(3,4)5)22(16-19)33-9/h10-11,14-16,18,21H,12-13,17H2,1-9H3/t21-,28-/m1/s1. The molecule has 0 unspecified atom stereocenters. The number of hydrogen-bond donors (Lipinski definition) is 0. The van der Waals surface area contributed by atoms with Gasteiger partial charge in [-0.3, -0.25) is 4.79 Å². The Hall–Kier alpha value is -2.41. The molecular weight excluding hydrogens is 460 g/mol. The van der Waals surface area contributed by atoms with Crippen molar-refractivity contribution in [3.8, 4) is 5.75 Å². The summed E-state index contributed by atoms with van der Waals surface area (Å²) in [6, 6.07) is 5.31. The molecule has 2 atom stereocenters. The summed E-state index contributed by atoms with van der Waals surface area (Å²) >= 11 is 1.51. The summed E-state index contributed by atoms with van der Waals surface area (Å²) in [5, 5.41) is 2.75. The largest absolute Gasteiger partial charge is 0.496 e. The van der Waals surface area contributed by atoms with Crippen LogP contribution in [0.25, 0.3) is 0 Å². The van der Waals surface area contributed by atoms with Crippen molar-refractivity contribution >= 4 is 23.2 Å². The van der Waals surface area contributed by atoms with E-state index in [2.05, 4.69) is 39.6 Å². The molecule has 6 nitrogen and oxygen atoms in total. The fourth-order valence-electron chi connectivity index (χ4n) is 5.01. The zero-order chi connectivity index (χ0) is 26.2. The van der Waals surface area contributed by atoms with Crippen LogP contribution in [0, 0.1) is 5.92 Å². The van der Waals surface area contributed by atoms with Crippen molar-refractivity contribution in [3.05, 3.63) is 45.9 Å². The molecule has 0 bridgehead atoms. The van der Waals surface area contributed by atoms with E-state index in [1.54, 1.807) is 24.3 Å². The van der Waals surface area contributed by atoms with Gasteiger partial charge in [0.25, 0.3) is 5.91 Å². The normalized spacial score (nSPS) is 20.9. The van der Waals surface area contributed by atoms with Gasteiger partial charge < -0.3 is 14.4 Å². The number of esters is 1. The number of likely N-dealkylation sites (tertiary alicyclic amines) is 1. The first-order chi connectivity index (χ1) is 16.2. The molecule has 1 aliphatic rings. The Bertz CT molecular complexity index is 1050. The quantitative estimate of drug-likeness (QED) is 0.421. The number of methoxy groups -OCH3 is 1. The molecule has 1 aromatic heterocycles. The minimum Gasteiger partial charge on any atom is -0.496 e. The summed E-state index contributed by atoms with van der Waals surface area (Å²) in [5.41, 5.74) is -0.343. The van der Waals surface area contributed by atoms with Gasteiger partial charge in [-0.05, 0) is 69.1 Å². The lowest BCUT2D eigenvalue weighted by molar-refractivity contribution is -0.168. The van der Waals surface area contributed by atoms with Gasteiger partial charge in [0.1, 0.15) is 21.9 Å². The third kappa shape index (κ3) is 5.71. The smallest absolute Gasteiger partial charge is 0.332 e. The van der Waals surface area contributed by atoms with Crippen LogP contribution < -0.4 is 4.74 Å². The molecule has 2 heterocycles. The average molecular weight is 501 g/mol. The third-order valence-electron chi connectivity index (χ3n) is 6.34. The average Bonchev–Trinajstić information content (AvgIpc) is 3.39. The number of nitrogens with zero attached hydrogens (tertiary/aromatic N) is 2. The number of amides is 1. The molecule has 1 fully saturated rings. The van der Waals surface area contributed by atoms with E-state index in [1.807, 2.05) is 38.3 Å². The summed E-state index contributed by atoms with van der Waals surface area (Å²) in [4.78, 5) is 34.4. The van der Waals surface area contributed by atoms with Crippen molar-refractivity contribution in [2.45, 2.75) is 97.2 Å². The highest BCUT2D eigenvalue weighted by Crippen LogP contribution is 2.48. The fraction of sp³-hybridized carbons (Fsp3) is 0.607. The molecule has 1 amide bonds. The monoisotopic (exact) mass is 500 g/mol. The van der Waals surface area contributed by atoms with Gasteiger partial charge in [-0.1, -0.05) is 40.7 Å². The molecule has 0 spiro atoms. The van der Waals surface area contributed by atoms with Crippen molar-refractivity contribution < 1.29 is 19.1 Å². The molecule has 1 aliphatic heterocycles. The first-order valence-electron chi connectivity index (χ1n) is 12.3. The summed E-state index contributed by atoms with van der Waals surface area (Å²) in [5.74, 6) is 0.308. The number of rotatable bonds is 6. The Morgan fingerprint density at radius 1 is 1.20 bits per heavy atom. The van der Waals surface area contributed by atoms with Crippen molar-refractivity contribution in [3.63, 3.8) is 0 Å². The number of carbonyl (C=O) groups is 2. The van der Waals surface area contributed by atoms with Crippen molar-refractivity contribution in [1.82, 2.24) is 9.88 Å². The van der Waals surface area contributed by atoms with E-state index < -0.39 is 11.1 Å². The Balaban J connectivity index is 2.16. The predicted octanol–water partition coefficient (Wildman–Crippen LogP) is 6.55. The van der Waals surface area contributed by atoms with Gasteiger partial charge in [-0.15, -0.1) is 11.3 Å². The van der Waals surface area contributed by atoms with E-state index in [1.165, 1.54) is 11.3 Å². The number of thiazole rings is 1. The second-order valence-corrected chi connectivity index (χ2v) is 12.8. The van der Waals surface area contributed by atoms with E-state index >= 15 is 0 Å². The van der Waals surface area contributed by atoms with Gasteiger partial charge in [-0.25, -0.2) is 9.78 Å². The molecule has 1 aromatic carbocycles. The maximum Gasteiger partial charge on any atom is 0.332 e. The fourth-order valence-corrected chi connectivity index (χ4v) is 5.77. The minimum atomic E-state index is -1.06. The SMILES string of the molecule is COc1cc(C(=O)N2[C@@H](c3nccs3)CC[C@@]2(CC(C)C)C(=O)OC(C)(C)C)ccc1C(C)(C)C. The van der Waals surface area contributed by atoms with Gasteiger partial charge >= 0.3 is 5.97 Å². The second-order valence-electron chi connectivity index (χ2n) is 11.9. The Morgan fingerprint density at radius 3 is 2.40 bits per heavy atom. The van der Waals surface area contributed by atoms with Crippen LogP contribution in [0.15, 0.2) is 29.8 Å². The summed E-state index contributed by atoms with van der Waals surface area (Å²) in [7, 11) is 1.62. The highest BCUT2D eigenvalue weighted by molar-refractivity contribution is 7.09. The lowest BCUT2D eigenvalue weighted by atomic mass is 9.84. The highest BCUT2D eigenvalue weighted by Gasteiger charge is 2.56. The van der Waals surface area contributed by atoms with Gasteiger partial charge in [0, 0.05) is 17.1 Å². The molecule has 0 aliphatic carbocycles. The third-order valence-corrected chi connectivity index (χ3v) is 7.22. The van der Waals surface area contributed by atoms with E-state index in [-0.39, 0.29) is 29.3 Å². The van der Waals surface area contributed by atoms with Crippen molar-refractivity contribution in [2.75, 3.05) is 7.11 Å². The van der Waals surface area contributed by atoms with Crippen molar-refractivity contribution in [1.29, 1.82) is 0 Å². The van der Waals surface area contributed by atoms with Crippen LogP contribution in [-0.4, -0.2) is 40.0 Å². The Labute approximate surface area is 214 Å². The number of hydrogen-bond acceptors (Lipinski definition) is 6. The molecule has 2 aromatic rings. The maximum atomic E-state index is 14.3. The topological polar surface area (TPSA) is 68.7 Å². The summed E-state index contributed by atoms with van der Waals surface area (Å²) in [6.45, 7) is 16.1. The number of ether oxygens (including phenoxy) is 2. The zero-order valence-electron chi connectivity index (χ0n) is 22.6. The predicted molar refractivity (Wildman–Crippen MR) is 140 cm³/mol. The molecule has 0 saturated carbocycles. The van der Waals surface area contributed by atoms with Crippen LogP contribution in [-0.2, 0) is 14.9 Å². The second kappa shape index (κ2) is 9.92. The minimum absolute atomic E-state index is 0.137. The maximum absolute atomic E-state index is 14.3. The lowest BCUT2D eigenvalue weighted by Crippen LogP contribution is -2.56. The highest BCUT2D eigenvalue weighted by atomic mass is 32.1. The molecule has 3 rings (SSSR count). The molecule has 1 saturated heterocycles. The Morgan fingerprint density at radius 2 is 1.89 bits per heavy atom. The van der Waals surface area contributed by atoms with Gasteiger partial charge in [0.15, 0.2) is 0 Å². The van der Waals surface area contributed by atoms with Crippen LogP contribution in [0.2, 0.25) is 0 Å². The van der Waals surface area contributed by atoms with E-state index in [4.69, 9.17) is 9.47 Å². The van der Waals surface area contributed by atoms with Crippen LogP contribution in [0.3, 0.4) is 0 Å². The van der Waals surface area contributed by atoms with Crippen LogP contribution in [0.4, 0.5) is 0 Å². The number of benzene rings is 1. The molecular formula is C28H40N2O4S. The molecule has 192 valence electrons. The van der Waals surface area contributed by atoms with Crippen LogP contribution >= 0.6 is 11.3 Å². The van der Waals surface area contributed by atoms with Gasteiger partial charge in [-0.2, -0.15) is 0 Å². The van der Waals surface area contributed by atoms with E-state index in [0.717, 1.165) is 10.6 Å². The van der Waals surface area contributed by atoms with Crippen molar-refractivity contribution in [2.24, 2.45) is 5.92 Å². The lowest BCUT2D eigenvalue weighted by Gasteiger charge is -2.41. The molecule has 0 N–H and O–H groups in total. The number of aromatic nitrogens is 1. The Kier molecular flexibility index (Phi) is 7.70. The van der Waals surface area contributed by atoms with Crippen LogP contribution in [0.1, 0.15) is 102 Å². The van der Waals surface area contributed by atoms with Crippen LogP contribution in [0.5, 0.6) is 5.75 Å². The molecule has 7 heteroatoms. The first-order valence-corrected chi connectivity index (χ1v) is 13.2. The molecule has 0 radical (unpaired) electrons. The summed E-state index contributed by atoms with van der Waals surface area (Å²) < 4.78 is 11.6. The van der Waals surface area contributed by atoms with E-state index in [9.17, 15) is 9.59 Å². The first kappa shape index (κ1) is 27.2.